The van der Waals surface area contributed by atoms with Gasteiger partial charge >= 0.3 is 5.97 Å². The van der Waals surface area contributed by atoms with E-state index >= 15 is 0 Å². The number of carboxylic acid groups (broad SMARTS) is 1. The van der Waals surface area contributed by atoms with E-state index in [1.807, 2.05) is 0 Å². The van der Waals surface area contributed by atoms with Crippen LogP contribution in [0.15, 0.2) is 22.7 Å². The van der Waals surface area contributed by atoms with Gasteiger partial charge in [-0.25, -0.2) is 14.2 Å². The Morgan fingerprint density at radius 2 is 2.24 bits per heavy atom. The van der Waals surface area contributed by atoms with Crippen molar-refractivity contribution >= 4 is 33.2 Å². The lowest BCUT2D eigenvalue weighted by atomic mass is 10.2. The Kier molecular flexibility index (Phi) is 3.26. The first kappa shape index (κ1) is 12.2. The molecule has 1 aromatic carbocycles. The largest absolute Gasteiger partial charge is 0.477 e. The van der Waals surface area contributed by atoms with Crippen LogP contribution in [0.25, 0.3) is 10.6 Å². The van der Waals surface area contributed by atoms with E-state index in [0.717, 1.165) is 11.3 Å². The van der Waals surface area contributed by atoms with Gasteiger partial charge in [0, 0.05) is 10.0 Å². The summed E-state index contributed by atoms with van der Waals surface area (Å²) in [6.45, 7) is 1.60. The fraction of sp³-hybridized carbons (Fsp3) is 0.0909. The van der Waals surface area contributed by atoms with E-state index in [9.17, 15) is 9.18 Å². The van der Waals surface area contributed by atoms with Crippen molar-refractivity contribution in [1.29, 1.82) is 0 Å². The third-order valence-electron chi connectivity index (χ3n) is 2.15. The Bertz CT molecular complexity index is 597. The Morgan fingerprint density at radius 3 is 2.76 bits per heavy atom. The van der Waals surface area contributed by atoms with E-state index in [-0.39, 0.29) is 4.88 Å². The number of rotatable bonds is 2. The van der Waals surface area contributed by atoms with E-state index in [1.54, 1.807) is 19.1 Å². The molecule has 0 aliphatic heterocycles. The lowest BCUT2D eigenvalue weighted by Gasteiger charge is -1.98. The number of benzene rings is 1. The maximum atomic E-state index is 13.7. The highest BCUT2D eigenvalue weighted by Crippen LogP contribution is 2.31. The molecule has 1 heterocycles. The van der Waals surface area contributed by atoms with Crippen molar-refractivity contribution in [2.45, 2.75) is 6.92 Å². The molecule has 0 aliphatic carbocycles. The van der Waals surface area contributed by atoms with Crippen LogP contribution >= 0.6 is 27.3 Å². The quantitative estimate of drug-likeness (QED) is 0.919. The minimum Gasteiger partial charge on any atom is -0.477 e. The maximum absolute atomic E-state index is 13.7. The normalized spacial score (nSPS) is 10.5. The van der Waals surface area contributed by atoms with Crippen molar-refractivity contribution in [3.05, 3.63) is 39.1 Å². The standard InChI is InChI=1S/C11H7BrFNO2S/c1-5-9(11(15)16)17-10(14-5)7-3-2-6(12)4-8(7)13/h2-4H,1H3,(H,15,16). The molecule has 0 spiro atoms. The number of carboxylic acids is 1. The van der Waals surface area contributed by atoms with Crippen molar-refractivity contribution in [3.63, 3.8) is 0 Å². The van der Waals surface area contributed by atoms with Crippen LogP contribution in [0.5, 0.6) is 0 Å². The lowest BCUT2D eigenvalue weighted by Crippen LogP contribution is -1.94. The summed E-state index contributed by atoms with van der Waals surface area (Å²) in [5.41, 5.74) is 0.716. The van der Waals surface area contributed by atoms with Crippen LogP contribution in [0.2, 0.25) is 0 Å². The molecular formula is C11H7BrFNO2S. The van der Waals surface area contributed by atoms with Gasteiger partial charge in [-0.15, -0.1) is 11.3 Å². The third-order valence-corrected chi connectivity index (χ3v) is 3.82. The van der Waals surface area contributed by atoms with Crippen LogP contribution in [0.1, 0.15) is 15.4 Å². The molecule has 0 unspecified atom stereocenters. The monoisotopic (exact) mass is 315 g/mol. The minimum atomic E-state index is -1.04. The molecule has 88 valence electrons. The van der Waals surface area contributed by atoms with Crippen molar-refractivity contribution in [2.75, 3.05) is 0 Å². The van der Waals surface area contributed by atoms with Gasteiger partial charge in [0.2, 0.25) is 0 Å². The molecule has 0 radical (unpaired) electrons. The number of hydrogen-bond acceptors (Lipinski definition) is 3. The second-order valence-corrected chi connectivity index (χ2v) is 5.28. The summed E-state index contributed by atoms with van der Waals surface area (Å²) in [7, 11) is 0. The van der Waals surface area contributed by atoms with Gasteiger partial charge in [-0.05, 0) is 25.1 Å². The molecule has 0 amide bonds. The first-order valence-electron chi connectivity index (χ1n) is 4.65. The molecule has 1 aromatic heterocycles. The average molecular weight is 316 g/mol. The summed E-state index contributed by atoms with van der Waals surface area (Å²) in [6, 6.07) is 4.59. The number of aromatic carboxylic acids is 1. The molecule has 0 saturated heterocycles. The number of hydrogen-bond donors (Lipinski definition) is 1. The molecule has 3 nitrogen and oxygen atoms in total. The second kappa shape index (κ2) is 4.54. The van der Waals surface area contributed by atoms with E-state index in [2.05, 4.69) is 20.9 Å². The number of aryl methyl sites for hydroxylation is 1. The topological polar surface area (TPSA) is 50.2 Å². The molecule has 0 saturated carbocycles. The zero-order valence-corrected chi connectivity index (χ0v) is 11.1. The summed E-state index contributed by atoms with van der Waals surface area (Å²) in [4.78, 5) is 15.1. The number of thiazole rings is 1. The molecule has 6 heteroatoms. The van der Waals surface area contributed by atoms with E-state index < -0.39 is 11.8 Å². The van der Waals surface area contributed by atoms with Gasteiger partial charge in [0.25, 0.3) is 0 Å². The predicted molar refractivity (Wildman–Crippen MR) is 66.9 cm³/mol. The van der Waals surface area contributed by atoms with Gasteiger partial charge in [0.1, 0.15) is 15.7 Å². The van der Waals surface area contributed by atoms with Crippen LogP contribution in [0.4, 0.5) is 4.39 Å². The number of nitrogens with zero attached hydrogens (tertiary/aromatic N) is 1. The smallest absolute Gasteiger partial charge is 0.347 e. The summed E-state index contributed by atoms with van der Waals surface area (Å²) in [5, 5.41) is 9.29. The molecule has 17 heavy (non-hydrogen) atoms. The molecule has 2 rings (SSSR count). The van der Waals surface area contributed by atoms with Gasteiger partial charge in [-0.1, -0.05) is 15.9 Å². The number of halogens is 2. The van der Waals surface area contributed by atoms with Crippen molar-refractivity contribution in [2.24, 2.45) is 0 Å². The Labute approximate surface area is 109 Å². The summed E-state index contributed by atoms with van der Waals surface area (Å²) < 4.78 is 14.3. The molecule has 0 atom stereocenters. The van der Waals surface area contributed by atoms with Crippen molar-refractivity contribution < 1.29 is 14.3 Å². The lowest BCUT2D eigenvalue weighted by molar-refractivity contribution is 0.0701. The highest BCUT2D eigenvalue weighted by Gasteiger charge is 2.17. The average Bonchev–Trinajstić information content (AvgIpc) is 2.60. The van der Waals surface area contributed by atoms with Gasteiger partial charge in [-0.2, -0.15) is 0 Å². The summed E-state index contributed by atoms with van der Waals surface area (Å²) >= 11 is 4.14. The zero-order chi connectivity index (χ0) is 12.6. The first-order valence-corrected chi connectivity index (χ1v) is 6.26. The predicted octanol–water partition coefficient (Wildman–Crippen LogP) is 3.72. The van der Waals surface area contributed by atoms with Crippen molar-refractivity contribution in [1.82, 2.24) is 4.98 Å². The maximum Gasteiger partial charge on any atom is 0.347 e. The Balaban J connectivity index is 2.53. The molecule has 0 aliphatic rings. The van der Waals surface area contributed by atoms with Crippen LogP contribution in [0, 0.1) is 12.7 Å². The van der Waals surface area contributed by atoms with E-state index in [1.165, 1.54) is 6.07 Å². The third kappa shape index (κ3) is 2.37. The highest BCUT2D eigenvalue weighted by atomic mass is 79.9. The Morgan fingerprint density at radius 1 is 1.53 bits per heavy atom. The highest BCUT2D eigenvalue weighted by molar-refractivity contribution is 9.10. The molecule has 0 fully saturated rings. The number of aromatic nitrogens is 1. The van der Waals surface area contributed by atoms with Crippen LogP contribution in [0.3, 0.4) is 0 Å². The number of carbonyl (C=O) groups is 1. The van der Waals surface area contributed by atoms with Crippen LogP contribution in [-0.2, 0) is 0 Å². The first-order chi connectivity index (χ1) is 7.99. The van der Waals surface area contributed by atoms with E-state index in [4.69, 9.17) is 5.11 Å². The van der Waals surface area contributed by atoms with Gasteiger partial charge < -0.3 is 5.11 Å². The minimum absolute atomic E-state index is 0.141. The second-order valence-electron chi connectivity index (χ2n) is 3.36. The fourth-order valence-electron chi connectivity index (χ4n) is 1.37. The van der Waals surface area contributed by atoms with Gasteiger partial charge in [-0.3, -0.25) is 0 Å². The zero-order valence-electron chi connectivity index (χ0n) is 8.70. The SMILES string of the molecule is Cc1nc(-c2ccc(Br)cc2F)sc1C(=O)O. The molecule has 0 bridgehead atoms. The summed E-state index contributed by atoms with van der Waals surface area (Å²) in [5.74, 6) is -1.46. The van der Waals surface area contributed by atoms with Gasteiger partial charge in [0.15, 0.2) is 0 Å². The van der Waals surface area contributed by atoms with Crippen LogP contribution < -0.4 is 0 Å². The Hall–Kier alpha value is -1.27. The van der Waals surface area contributed by atoms with E-state index in [0.29, 0.717) is 20.7 Å². The summed E-state index contributed by atoms with van der Waals surface area (Å²) in [6.07, 6.45) is 0. The molecule has 1 N–H and O–H groups in total. The van der Waals surface area contributed by atoms with Crippen molar-refractivity contribution in [3.8, 4) is 10.6 Å². The molecule has 2 aromatic rings. The van der Waals surface area contributed by atoms with Crippen LogP contribution in [-0.4, -0.2) is 16.1 Å². The molecular weight excluding hydrogens is 309 g/mol. The fourth-order valence-corrected chi connectivity index (χ4v) is 2.64. The van der Waals surface area contributed by atoms with Gasteiger partial charge in [0.05, 0.1) is 5.69 Å².